The number of hydrogen-bond donors (Lipinski definition) is 4. The van der Waals surface area contributed by atoms with Crippen LogP contribution in [0.15, 0.2) is 24.3 Å². The van der Waals surface area contributed by atoms with Gasteiger partial charge in [-0.1, -0.05) is 24.3 Å². The molecule has 3 rings (SSSR count). The molecule has 4 N–H and O–H groups in total. The van der Waals surface area contributed by atoms with Crippen LogP contribution in [0.25, 0.3) is 0 Å². The van der Waals surface area contributed by atoms with Gasteiger partial charge in [0.1, 0.15) is 0 Å². The molecule has 1 aromatic rings. The molecule has 1 aromatic carbocycles. The molecule has 0 aliphatic carbocycles. The lowest BCUT2D eigenvalue weighted by atomic mass is 10.1. The van der Waals surface area contributed by atoms with Crippen LogP contribution in [-0.4, -0.2) is 39.3 Å². The van der Waals surface area contributed by atoms with Gasteiger partial charge in [0.2, 0.25) is 0 Å². The van der Waals surface area contributed by atoms with Crippen molar-refractivity contribution in [3.8, 4) is 0 Å². The third-order valence-electron chi connectivity index (χ3n) is 3.80. The van der Waals surface area contributed by atoms with Crippen LogP contribution >= 0.6 is 0 Å². The van der Waals surface area contributed by atoms with Gasteiger partial charge < -0.3 is 21.3 Å². The van der Waals surface area contributed by atoms with Gasteiger partial charge in [-0.25, -0.2) is 0 Å². The van der Waals surface area contributed by atoms with Crippen LogP contribution in [0.2, 0.25) is 0 Å². The zero-order valence-corrected chi connectivity index (χ0v) is 13.1. The summed E-state index contributed by atoms with van der Waals surface area (Å²) in [7, 11) is 0. The first-order chi connectivity index (χ1) is 10.4. The van der Waals surface area contributed by atoms with Gasteiger partial charge >= 0.3 is 0 Å². The van der Waals surface area contributed by atoms with E-state index in [9.17, 15) is 0 Å². The molecular formula is C17H30N4. The molecule has 0 fully saturated rings. The summed E-state index contributed by atoms with van der Waals surface area (Å²) >= 11 is 0. The zero-order chi connectivity index (χ0) is 14.6. The van der Waals surface area contributed by atoms with Crippen LogP contribution < -0.4 is 21.3 Å². The predicted octanol–water partition coefficient (Wildman–Crippen LogP) is 1.23. The van der Waals surface area contributed by atoms with Gasteiger partial charge in [-0.3, -0.25) is 0 Å². The Bertz CT molecular complexity index is 329. The van der Waals surface area contributed by atoms with E-state index in [-0.39, 0.29) is 0 Å². The molecule has 2 bridgehead atoms. The number of rotatable bonds is 0. The lowest BCUT2D eigenvalue weighted by Gasteiger charge is -2.07. The van der Waals surface area contributed by atoms with Crippen molar-refractivity contribution in [1.29, 1.82) is 0 Å². The van der Waals surface area contributed by atoms with Crippen molar-refractivity contribution in [3.05, 3.63) is 35.4 Å². The van der Waals surface area contributed by atoms with E-state index in [0.717, 1.165) is 52.4 Å². The molecule has 0 spiro atoms. The SMILES string of the molecule is c1cc2ccc1CNCCCNCCCNCCCNC2. The first-order valence-corrected chi connectivity index (χ1v) is 8.36. The Morgan fingerprint density at radius 3 is 1.19 bits per heavy atom. The summed E-state index contributed by atoms with van der Waals surface area (Å²) < 4.78 is 0. The minimum absolute atomic E-state index is 0.970. The maximum absolute atomic E-state index is 3.51. The first kappa shape index (κ1) is 16.4. The number of fused-ring (bicyclic) bond motifs is 16. The quantitative estimate of drug-likeness (QED) is 0.580. The van der Waals surface area contributed by atoms with Crippen molar-refractivity contribution < 1.29 is 0 Å². The molecule has 0 saturated heterocycles. The van der Waals surface area contributed by atoms with Gasteiger partial charge in [-0.05, 0) is 69.7 Å². The van der Waals surface area contributed by atoms with Crippen molar-refractivity contribution in [1.82, 2.24) is 21.3 Å². The Labute approximate surface area is 129 Å². The van der Waals surface area contributed by atoms with E-state index in [1.807, 2.05) is 0 Å². The van der Waals surface area contributed by atoms with Gasteiger partial charge in [-0.15, -0.1) is 0 Å². The van der Waals surface area contributed by atoms with Gasteiger partial charge in [0.05, 0.1) is 0 Å². The molecule has 0 amide bonds. The fourth-order valence-electron chi connectivity index (χ4n) is 2.51. The van der Waals surface area contributed by atoms with Crippen molar-refractivity contribution in [2.24, 2.45) is 0 Å². The van der Waals surface area contributed by atoms with Gasteiger partial charge in [0.15, 0.2) is 0 Å². The molecule has 0 unspecified atom stereocenters. The van der Waals surface area contributed by atoms with Crippen LogP contribution in [0, 0.1) is 0 Å². The maximum atomic E-state index is 3.51. The molecule has 2 heterocycles. The summed E-state index contributed by atoms with van der Waals surface area (Å²) in [5, 5.41) is 14.0. The molecule has 0 aromatic heterocycles. The normalized spacial score (nSPS) is 20.4. The number of hydrogen-bond acceptors (Lipinski definition) is 4. The predicted molar refractivity (Wildman–Crippen MR) is 89.4 cm³/mol. The highest BCUT2D eigenvalue weighted by atomic mass is 14.9. The lowest BCUT2D eigenvalue weighted by molar-refractivity contribution is 0.552. The largest absolute Gasteiger partial charge is 0.317 e. The Kier molecular flexibility index (Phi) is 8.40. The van der Waals surface area contributed by atoms with Crippen molar-refractivity contribution in [2.45, 2.75) is 32.4 Å². The summed E-state index contributed by atoms with van der Waals surface area (Å²) in [6, 6.07) is 8.94. The van der Waals surface area contributed by atoms with Crippen LogP contribution in [-0.2, 0) is 13.1 Å². The summed E-state index contributed by atoms with van der Waals surface area (Å²) in [4.78, 5) is 0. The molecule has 118 valence electrons. The Hall–Kier alpha value is -0.940. The fourth-order valence-corrected chi connectivity index (χ4v) is 2.51. The molecule has 0 atom stereocenters. The van der Waals surface area contributed by atoms with E-state index in [2.05, 4.69) is 45.5 Å². The average Bonchev–Trinajstić information content (AvgIpc) is 2.52. The van der Waals surface area contributed by atoms with Crippen LogP contribution in [0.3, 0.4) is 0 Å². The minimum Gasteiger partial charge on any atom is -0.317 e. The van der Waals surface area contributed by atoms with Crippen LogP contribution in [0.5, 0.6) is 0 Å². The summed E-state index contributed by atoms with van der Waals surface area (Å²) in [6.07, 6.45) is 3.59. The molecule has 4 heteroatoms. The molecular weight excluding hydrogens is 260 g/mol. The highest BCUT2D eigenvalue weighted by Crippen LogP contribution is 2.04. The Morgan fingerprint density at radius 2 is 0.810 bits per heavy atom. The van der Waals surface area contributed by atoms with E-state index in [4.69, 9.17) is 0 Å². The molecule has 2 aliphatic heterocycles. The first-order valence-electron chi connectivity index (χ1n) is 8.36. The molecule has 4 nitrogen and oxygen atoms in total. The third kappa shape index (κ3) is 7.58. The lowest BCUT2D eigenvalue weighted by Crippen LogP contribution is -2.26. The number of nitrogens with one attached hydrogen (secondary N) is 4. The second kappa shape index (κ2) is 10.7. The molecule has 21 heavy (non-hydrogen) atoms. The van der Waals surface area contributed by atoms with Gasteiger partial charge in [-0.2, -0.15) is 0 Å². The summed E-state index contributed by atoms with van der Waals surface area (Å²) in [5.41, 5.74) is 2.74. The molecule has 0 radical (unpaired) electrons. The summed E-state index contributed by atoms with van der Waals surface area (Å²) in [6.45, 7) is 8.54. The second-order valence-electron chi connectivity index (χ2n) is 5.73. The highest BCUT2D eigenvalue weighted by molar-refractivity contribution is 5.22. The van der Waals surface area contributed by atoms with Crippen LogP contribution in [0.1, 0.15) is 30.4 Å². The standard InChI is InChI=1S/C17H30N4/c1-8-18-10-2-12-20-14-16-4-6-17(7-5-16)15-21-13-3-11-19-9-1/h4-7,18-21H,1-3,8-15H2. The second-order valence-corrected chi connectivity index (χ2v) is 5.73. The topological polar surface area (TPSA) is 48.1 Å². The Morgan fingerprint density at radius 1 is 0.476 bits per heavy atom. The van der Waals surface area contributed by atoms with E-state index < -0.39 is 0 Å². The smallest absolute Gasteiger partial charge is 0.0205 e. The van der Waals surface area contributed by atoms with E-state index in [1.165, 1.54) is 30.4 Å². The van der Waals surface area contributed by atoms with Crippen molar-refractivity contribution >= 4 is 0 Å². The monoisotopic (exact) mass is 290 g/mol. The minimum atomic E-state index is 0.970. The van der Waals surface area contributed by atoms with Crippen molar-refractivity contribution in [2.75, 3.05) is 39.3 Å². The molecule has 0 saturated carbocycles. The zero-order valence-electron chi connectivity index (χ0n) is 13.1. The van der Waals surface area contributed by atoms with E-state index in [1.54, 1.807) is 0 Å². The third-order valence-corrected chi connectivity index (χ3v) is 3.80. The molecule has 2 aliphatic rings. The Balaban J connectivity index is 1.75. The number of benzene rings is 1. The fraction of sp³-hybridized carbons (Fsp3) is 0.647. The summed E-state index contributed by atoms with van der Waals surface area (Å²) in [5.74, 6) is 0. The van der Waals surface area contributed by atoms with Gasteiger partial charge in [0.25, 0.3) is 0 Å². The average molecular weight is 290 g/mol. The highest BCUT2D eigenvalue weighted by Gasteiger charge is 1.97. The van der Waals surface area contributed by atoms with E-state index in [0.29, 0.717) is 0 Å². The van der Waals surface area contributed by atoms with Crippen molar-refractivity contribution in [3.63, 3.8) is 0 Å². The van der Waals surface area contributed by atoms with E-state index >= 15 is 0 Å². The van der Waals surface area contributed by atoms with Crippen LogP contribution in [0.4, 0.5) is 0 Å². The van der Waals surface area contributed by atoms with Gasteiger partial charge in [0, 0.05) is 13.1 Å². The maximum Gasteiger partial charge on any atom is 0.0205 e.